The van der Waals surface area contributed by atoms with Gasteiger partial charge in [-0.1, -0.05) is 48.0 Å². The number of hydrogen-bond donors (Lipinski definition) is 1. The van der Waals surface area contributed by atoms with E-state index in [4.69, 9.17) is 11.6 Å². The maximum Gasteiger partial charge on any atom is 0.225 e. The maximum atomic E-state index is 12.7. The summed E-state index contributed by atoms with van der Waals surface area (Å²) in [5.74, 6) is 0.395. The Hall–Kier alpha value is -1.84. The fourth-order valence-corrected chi connectivity index (χ4v) is 3.50. The second-order valence-corrected chi connectivity index (χ2v) is 6.82. The van der Waals surface area contributed by atoms with Crippen molar-refractivity contribution >= 4 is 17.5 Å². The van der Waals surface area contributed by atoms with E-state index in [0.717, 1.165) is 47.6 Å². The van der Waals surface area contributed by atoms with Crippen LogP contribution in [0.4, 0.5) is 0 Å². The topological polar surface area (TPSA) is 32.3 Å². The minimum atomic E-state index is 0.148. The molecule has 4 heteroatoms. The van der Waals surface area contributed by atoms with Crippen molar-refractivity contribution in [3.05, 3.63) is 59.1 Å². The van der Waals surface area contributed by atoms with Crippen LogP contribution in [0.2, 0.25) is 5.02 Å². The van der Waals surface area contributed by atoms with E-state index in [-0.39, 0.29) is 11.8 Å². The molecule has 0 aliphatic carbocycles. The Morgan fingerprint density at radius 1 is 1.17 bits per heavy atom. The standard InChI is InChI=1S/C20H23ClN2O/c1-23(20(24)15-9-11-22-12-10-15)14-17-5-2-3-8-19(17)16-6-4-7-18(21)13-16/h2-8,13,15,22H,9-12,14H2,1H3. The van der Waals surface area contributed by atoms with Crippen molar-refractivity contribution in [3.63, 3.8) is 0 Å². The molecule has 0 aromatic heterocycles. The number of nitrogens with one attached hydrogen (secondary N) is 1. The third-order valence-electron chi connectivity index (χ3n) is 4.63. The van der Waals surface area contributed by atoms with E-state index in [2.05, 4.69) is 23.5 Å². The smallest absolute Gasteiger partial charge is 0.225 e. The molecule has 2 aromatic rings. The van der Waals surface area contributed by atoms with Crippen LogP contribution in [0, 0.1) is 5.92 Å². The van der Waals surface area contributed by atoms with Crippen LogP contribution in [0.1, 0.15) is 18.4 Å². The zero-order valence-corrected chi connectivity index (χ0v) is 14.7. The molecule has 1 saturated heterocycles. The van der Waals surface area contributed by atoms with Gasteiger partial charge in [-0.3, -0.25) is 4.79 Å². The summed E-state index contributed by atoms with van der Waals surface area (Å²) in [4.78, 5) is 14.5. The predicted molar refractivity (Wildman–Crippen MR) is 99.0 cm³/mol. The van der Waals surface area contributed by atoms with Gasteiger partial charge in [-0.05, 0) is 54.8 Å². The molecular weight excluding hydrogens is 320 g/mol. The highest BCUT2D eigenvalue weighted by Crippen LogP contribution is 2.27. The SMILES string of the molecule is CN(Cc1ccccc1-c1cccc(Cl)c1)C(=O)C1CCNCC1. The molecule has 0 atom stereocenters. The maximum absolute atomic E-state index is 12.7. The predicted octanol–water partition coefficient (Wildman–Crippen LogP) is 3.97. The monoisotopic (exact) mass is 342 g/mol. The Labute approximate surface area is 148 Å². The van der Waals surface area contributed by atoms with Crippen LogP contribution >= 0.6 is 11.6 Å². The third-order valence-corrected chi connectivity index (χ3v) is 4.86. The molecule has 0 spiro atoms. The molecule has 0 saturated carbocycles. The molecule has 1 aliphatic heterocycles. The highest BCUT2D eigenvalue weighted by atomic mass is 35.5. The molecule has 1 fully saturated rings. The van der Waals surface area contributed by atoms with Gasteiger partial charge in [0.2, 0.25) is 5.91 Å². The van der Waals surface area contributed by atoms with Crippen molar-refractivity contribution in [2.45, 2.75) is 19.4 Å². The lowest BCUT2D eigenvalue weighted by Crippen LogP contribution is -2.38. The molecule has 0 unspecified atom stereocenters. The first-order valence-corrected chi connectivity index (χ1v) is 8.82. The Morgan fingerprint density at radius 3 is 2.67 bits per heavy atom. The zero-order chi connectivity index (χ0) is 16.9. The van der Waals surface area contributed by atoms with Crippen molar-refractivity contribution in [1.29, 1.82) is 0 Å². The van der Waals surface area contributed by atoms with Crippen LogP contribution in [-0.4, -0.2) is 30.9 Å². The summed E-state index contributed by atoms with van der Waals surface area (Å²) in [5.41, 5.74) is 3.36. The summed E-state index contributed by atoms with van der Waals surface area (Å²) >= 11 is 6.13. The Bertz CT molecular complexity index is 710. The summed E-state index contributed by atoms with van der Waals surface area (Å²) in [6.07, 6.45) is 1.86. The van der Waals surface area contributed by atoms with Crippen LogP contribution in [0.5, 0.6) is 0 Å². The van der Waals surface area contributed by atoms with Crippen molar-refractivity contribution in [2.24, 2.45) is 5.92 Å². The molecule has 126 valence electrons. The first kappa shape index (κ1) is 17.0. The van der Waals surface area contributed by atoms with Crippen molar-refractivity contribution in [3.8, 4) is 11.1 Å². The average Bonchev–Trinajstić information content (AvgIpc) is 2.62. The van der Waals surface area contributed by atoms with E-state index in [1.807, 2.05) is 42.3 Å². The molecular formula is C20H23ClN2O. The van der Waals surface area contributed by atoms with Crippen LogP contribution in [0.25, 0.3) is 11.1 Å². The van der Waals surface area contributed by atoms with Gasteiger partial charge in [-0.2, -0.15) is 0 Å². The Balaban J connectivity index is 1.79. The van der Waals surface area contributed by atoms with E-state index in [1.165, 1.54) is 0 Å². The number of carbonyl (C=O) groups excluding carboxylic acids is 1. The van der Waals surface area contributed by atoms with E-state index in [1.54, 1.807) is 0 Å². The number of piperidine rings is 1. The number of rotatable bonds is 4. The van der Waals surface area contributed by atoms with E-state index in [9.17, 15) is 4.79 Å². The van der Waals surface area contributed by atoms with E-state index < -0.39 is 0 Å². The molecule has 3 nitrogen and oxygen atoms in total. The number of hydrogen-bond acceptors (Lipinski definition) is 2. The quantitative estimate of drug-likeness (QED) is 0.912. The summed E-state index contributed by atoms with van der Waals surface area (Å²) in [7, 11) is 1.90. The first-order valence-electron chi connectivity index (χ1n) is 8.44. The molecule has 24 heavy (non-hydrogen) atoms. The number of carbonyl (C=O) groups is 1. The van der Waals surface area contributed by atoms with Gasteiger partial charge in [0.05, 0.1) is 0 Å². The van der Waals surface area contributed by atoms with Crippen molar-refractivity contribution in [1.82, 2.24) is 10.2 Å². The molecule has 0 radical (unpaired) electrons. The normalized spacial score (nSPS) is 15.2. The lowest BCUT2D eigenvalue weighted by Gasteiger charge is -2.27. The van der Waals surface area contributed by atoms with Gasteiger partial charge in [0.25, 0.3) is 0 Å². The van der Waals surface area contributed by atoms with Gasteiger partial charge >= 0.3 is 0 Å². The molecule has 1 aliphatic rings. The summed E-state index contributed by atoms with van der Waals surface area (Å²) in [6.45, 7) is 2.48. The van der Waals surface area contributed by atoms with Gasteiger partial charge in [0, 0.05) is 24.5 Å². The average molecular weight is 343 g/mol. The van der Waals surface area contributed by atoms with Gasteiger partial charge in [0.1, 0.15) is 0 Å². The summed E-state index contributed by atoms with van der Waals surface area (Å²) < 4.78 is 0. The lowest BCUT2D eigenvalue weighted by atomic mass is 9.95. The summed E-state index contributed by atoms with van der Waals surface area (Å²) in [6, 6.07) is 16.1. The number of nitrogens with zero attached hydrogens (tertiary/aromatic N) is 1. The summed E-state index contributed by atoms with van der Waals surface area (Å²) in [5, 5.41) is 4.03. The number of benzene rings is 2. The van der Waals surface area contributed by atoms with Crippen molar-refractivity contribution < 1.29 is 4.79 Å². The van der Waals surface area contributed by atoms with E-state index >= 15 is 0 Å². The zero-order valence-electron chi connectivity index (χ0n) is 14.0. The molecule has 1 heterocycles. The second-order valence-electron chi connectivity index (χ2n) is 6.39. The van der Waals surface area contributed by atoms with Gasteiger partial charge in [0.15, 0.2) is 0 Å². The van der Waals surface area contributed by atoms with E-state index in [0.29, 0.717) is 6.54 Å². The number of amides is 1. The molecule has 2 aromatic carbocycles. The minimum absolute atomic E-state index is 0.148. The second kappa shape index (κ2) is 7.82. The van der Waals surface area contributed by atoms with Crippen LogP contribution in [0.3, 0.4) is 0 Å². The minimum Gasteiger partial charge on any atom is -0.341 e. The highest BCUT2D eigenvalue weighted by Gasteiger charge is 2.24. The largest absolute Gasteiger partial charge is 0.341 e. The van der Waals surface area contributed by atoms with Crippen LogP contribution < -0.4 is 5.32 Å². The Morgan fingerprint density at radius 2 is 1.92 bits per heavy atom. The Kier molecular flexibility index (Phi) is 5.54. The molecule has 1 amide bonds. The van der Waals surface area contributed by atoms with Crippen molar-refractivity contribution in [2.75, 3.05) is 20.1 Å². The van der Waals surface area contributed by atoms with Gasteiger partial charge in [-0.25, -0.2) is 0 Å². The molecule has 1 N–H and O–H groups in total. The fraction of sp³-hybridized carbons (Fsp3) is 0.350. The van der Waals surface area contributed by atoms with Gasteiger partial charge in [-0.15, -0.1) is 0 Å². The lowest BCUT2D eigenvalue weighted by molar-refractivity contribution is -0.135. The third kappa shape index (κ3) is 3.97. The number of halogens is 1. The molecule has 3 rings (SSSR count). The fourth-order valence-electron chi connectivity index (χ4n) is 3.31. The first-order chi connectivity index (χ1) is 11.6. The van der Waals surface area contributed by atoms with Crippen LogP contribution in [-0.2, 0) is 11.3 Å². The van der Waals surface area contributed by atoms with Crippen LogP contribution in [0.15, 0.2) is 48.5 Å². The molecule has 0 bridgehead atoms. The highest BCUT2D eigenvalue weighted by molar-refractivity contribution is 6.30. The van der Waals surface area contributed by atoms with Gasteiger partial charge < -0.3 is 10.2 Å².